The van der Waals surface area contributed by atoms with Crippen LogP contribution in [0.15, 0.2) is 0 Å². The van der Waals surface area contributed by atoms with Crippen LogP contribution in [0, 0.1) is 5.92 Å². The Morgan fingerprint density at radius 1 is 1.08 bits per heavy atom. The van der Waals surface area contributed by atoms with Crippen molar-refractivity contribution in [1.29, 1.82) is 0 Å². The highest BCUT2D eigenvalue weighted by Gasteiger charge is 2.27. The van der Waals surface area contributed by atoms with Crippen molar-refractivity contribution in [3.05, 3.63) is 0 Å². The largest absolute Gasteiger partial charge is 0.379 e. The van der Waals surface area contributed by atoms with Gasteiger partial charge in [0.1, 0.15) is 0 Å². The van der Waals surface area contributed by atoms with Crippen LogP contribution in [0.1, 0.15) is 26.7 Å². The summed E-state index contributed by atoms with van der Waals surface area (Å²) in [4.78, 5) is 25.3. The Morgan fingerprint density at radius 2 is 1.67 bits per heavy atom. The molecule has 1 heterocycles. The average molecular weight is 387 g/mol. The van der Waals surface area contributed by atoms with Crippen molar-refractivity contribution >= 4 is 36.6 Å². The second kappa shape index (κ2) is 14.7. The lowest BCUT2D eigenvalue weighted by Gasteiger charge is -2.38. The fraction of sp³-hybridized carbons (Fsp3) is 0.867. The predicted molar refractivity (Wildman–Crippen MR) is 99.8 cm³/mol. The first-order valence-corrected chi connectivity index (χ1v) is 8.17. The van der Waals surface area contributed by atoms with E-state index < -0.39 is 0 Å². The Hall–Kier alpha value is -0.600. The maximum absolute atomic E-state index is 11.8. The van der Waals surface area contributed by atoms with Crippen LogP contribution in [0.5, 0.6) is 0 Å². The number of nitrogens with two attached hydrogens (primary N) is 1. The van der Waals surface area contributed by atoms with Crippen molar-refractivity contribution < 1.29 is 14.3 Å². The average Bonchev–Trinajstić information content (AvgIpc) is 2.57. The third-order valence-corrected chi connectivity index (χ3v) is 4.25. The normalized spacial score (nSPS) is 15.8. The first-order chi connectivity index (χ1) is 10.6. The second-order valence-corrected chi connectivity index (χ2v) is 5.58. The second-order valence-electron chi connectivity index (χ2n) is 5.58. The first-order valence-electron chi connectivity index (χ1n) is 8.17. The molecule has 1 fully saturated rings. The molecule has 7 nitrogen and oxygen atoms in total. The minimum absolute atomic E-state index is 0. The van der Waals surface area contributed by atoms with Gasteiger partial charge in [-0.05, 0) is 5.92 Å². The number of hydrogen-bond acceptors (Lipinski definition) is 5. The summed E-state index contributed by atoms with van der Waals surface area (Å²) in [5.74, 6) is 0.0444. The maximum atomic E-state index is 11.8. The monoisotopic (exact) mass is 386 g/mol. The molecule has 4 N–H and O–H groups in total. The molecule has 0 aromatic heterocycles. The molecule has 0 spiro atoms. The highest BCUT2D eigenvalue weighted by atomic mass is 35.5. The van der Waals surface area contributed by atoms with Crippen LogP contribution in [-0.4, -0.2) is 68.7 Å². The van der Waals surface area contributed by atoms with E-state index in [-0.39, 0.29) is 49.7 Å². The quantitative estimate of drug-likeness (QED) is 0.524. The molecule has 0 aromatic carbocycles. The Bertz CT molecular complexity index is 352. The molecule has 0 aromatic rings. The van der Waals surface area contributed by atoms with Crippen LogP contribution in [-0.2, 0) is 14.3 Å². The van der Waals surface area contributed by atoms with Crippen LogP contribution < -0.4 is 16.4 Å². The van der Waals surface area contributed by atoms with Gasteiger partial charge in [-0.1, -0.05) is 26.7 Å². The lowest BCUT2D eigenvalue weighted by Crippen LogP contribution is -2.53. The molecule has 1 unspecified atom stereocenters. The van der Waals surface area contributed by atoms with Crippen molar-refractivity contribution in [3.63, 3.8) is 0 Å². The maximum Gasteiger partial charge on any atom is 0.239 e. The van der Waals surface area contributed by atoms with Gasteiger partial charge < -0.3 is 21.1 Å². The minimum Gasteiger partial charge on any atom is -0.379 e. The topological polar surface area (TPSA) is 96.7 Å². The summed E-state index contributed by atoms with van der Waals surface area (Å²) in [6.07, 6.45) is 2.16. The van der Waals surface area contributed by atoms with Gasteiger partial charge in [0.2, 0.25) is 11.8 Å². The molecule has 9 heteroatoms. The zero-order chi connectivity index (χ0) is 16.4. The molecule has 0 aliphatic carbocycles. The lowest BCUT2D eigenvalue weighted by molar-refractivity contribution is -0.125. The van der Waals surface area contributed by atoms with Crippen molar-refractivity contribution in [2.24, 2.45) is 11.7 Å². The van der Waals surface area contributed by atoms with Gasteiger partial charge in [0.25, 0.3) is 0 Å². The Kier molecular flexibility index (Phi) is 15.7. The highest BCUT2D eigenvalue weighted by Crippen LogP contribution is 2.19. The van der Waals surface area contributed by atoms with E-state index in [0.29, 0.717) is 18.5 Å². The fourth-order valence-corrected chi connectivity index (χ4v) is 2.87. The molecular formula is C15H32Cl2N4O3. The molecule has 2 amide bonds. The van der Waals surface area contributed by atoms with Crippen molar-refractivity contribution in [2.45, 2.75) is 32.7 Å². The van der Waals surface area contributed by atoms with Gasteiger partial charge in [-0.2, -0.15) is 0 Å². The summed E-state index contributed by atoms with van der Waals surface area (Å²) in [5.41, 5.74) is 5.19. The van der Waals surface area contributed by atoms with E-state index in [4.69, 9.17) is 10.5 Å². The van der Waals surface area contributed by atoms with Crippen LogP contribution in [0.4, 0.5) is 0 Å². The molecule has 1 aliphatic rings. The number of morpholine rings is 1. The molecule has 0 saturated carbocycles. The minimum atomic E-state index is -0.320. The highest BCUT2D eigenvalue weighted by molar-refractivity contribution is 5.86. The van der Waals surface area contributed by atoms with E-state index in [1.807, 2.05) is 0 Å². The molecule has 1 aliphatic heterocycles. The number of nitrogens with one attached hydrogen (secondary N) is 2. The van der Waals surface area contributed by atoms with E-state index in [2.05, 4.69) is 29.4 Å². The van der Waals surface area contributed by atoms with Crippen LogP contribution >= 0.6 is 24.8 Å². The Labute approximate surface area is 157 Å². The van der Waals surface area contributed by atoms with Crippen LogP contribution in [0.25, 0.3) is 0 Å². The van der Waals surface area contributed by atoms with E-state index in [1.54, 1.807) is 0 Å². The zero-order valence-electron chi connectivity index (χ0n) is 14.6. The van der Waals surface area contributed by atoms with Crippen LogP contribution in [0.2, 0.25) is 0 Å². The molecule has 144 valence electrons. The van der Waals surface area contributed by atoms with Gasteiger partial charge in [0.15, 0.2) is 0 Å². The number of nitrogens with zero attached hydrogens (tertiary/aromatic N) is 1. The number of carbonyl (C=O) groups excluding carboxylic acids is 2. The van der Waals surface area contributed by atoms with Gasteiger partial charge in [-0.15, -0.1) is 24.8 Å². The third kappa shape index (κ3) is 9.03. The molecule has 24 heavy (non-hydrogen) atoms. The van der Waals surface area contributed by atoms with E-state index in [9.17, 15) is 9.59 Å². The molecular weight excluding hydrogens is 355 g/mol. The van der Waals surface area contributed by atoms with E-state index >= 15 is 0 Å². The number of ether oxygens (including phenoxy) is 1. The zero-order valence-corrected chi connectivity index (χ0v) is 16.2. The van der Waals surface area contributed by atoms with E-state index in [0.717, 1.165) is 39.1 Å². The summed E-state index contributed by atoms with van der Waals surface area (Å²) >= 11 is 0. The number of rotatable bonds is 9. The van der Waals surface area contributed by atoms with Gasteiger partial charge in [0.05, 0.1) is 26.3 Å². The lowest BCUT2D eigenvalue weighted by atomic mass is 9.92. The van der Waals surface area contributed by atoms with Crippen LogP contribution in [0.3, 0.4) is 0 Å². The van der Waals surface area contributed by atoms with E-state index in [1.165, 1.54) is 0 Å². The van der Waals surface area contributed by atoms with Gasteiger partial charge in [-0.3, -0.25) is 14.5 Å². The summed E-state index contributed by atoms with van der Waals surface area (Å²) in [7, 11) is 0. The van der Waals surface area contributed by atoms with Gasteiger partial charge in [-0.25, -0.2) is 0 Å². The molecule has 0 radical (unpaired) electrons. The van der Waals surface area contributed by atoms with Crippen molar-refractivity contribution in [2.75, 3.05) is 45.9 Å². The number of halogens is 2. The number of amides is 2. The SMILES string of the molecule is CCC(CC)C(CNC(=O)CNC(=O)CN)N1CCOCC1.Cl.Cl. The summed E-state index contributed by atoms with van der Waals surface area (Å²) < 4.78 is 5.41. The molecule has 1 rings (SSSR count). The van der Waals surface area contributed by atoms with Gasteiger partial charge >= 0.3 is 0 Å². The van der Waals surface area contributed by atoms with Crippen molar-refractivity contribution in [1.82, 2.24) is 15.5 Å². The molecule has 1 atom stereocenters. The third-order valence-electron chi connectivity index (χ3n) is 4.25. The standard InChI is InChI=1S/C15H30N4O3.2ClH/c1-3-12(4-2)13(19-5-7-22-8-6-19)10-17-15(21)11-18-14(20)9-16;;/h12-13H,3-11,16H2,1-2H3,(H,17,21)(H,18,20);2*1H. The Morgan fingerprint density at radius 3 is 2.17 bits per heavy atom. The number of carbonyl (C=O) groups is 2. The summed E-state index contributed by atoms with van der Waals surface area (Å²) in [6.45, 7) is 8.15. The van der Waals surface area contributed by atoms with Gasteiger partial charge in [0, 0.05) is 25.7 Å². The number of hydrogen-bond donors (Lipinski definition) is 3. The first kappa shape index (κ1) is 25.6. The predicted octanol–water partition coefficient (Wildman–Crippen LogP) is 0.158. The Balaban J connectivity index is 0. The summed E-state index contributed by atoms with van der Waals surface area (Å²) in [6, 6.07) is 0.313. The van der Waals surface area contributed by atoms with Crippen molar-refractivity contribution in [3.8, 4) is 0 Å². The fourth-order valence-electron chi connectivity index (χ4n) is 2.87. The molecule has 1 saturated heterocycles. The summed E-state index contributed by atoms with van der Waals surface area (Å²) in [5, 5.41) is 5.41. The smallest absolute Gasteiger partial charge is 0.239 e. The molecule has 0 bridgehead atoms.